The Bertz CT molecular complexity index is 895. The molecular weight excluding hydrogens is 429 g/mol. The van der Waals surface area contributed by atoms with E-state index in [1.54, 1.807) is 27.0 Å². The highest BCUT2D eigenvalue weighted by Crippen LogP contribution is 2.30. The molecule has 1 aliphatic rings. The average Bonchev–Trinajstić information content (AvgIpc) is 3.02. The first kappa shape index (κ1) is 22.8. The topological polar surface area (TPSA) is 103 Å². The molecule has 0 saturated carbocycles. The number of hydrogen-bond acceptors (Lipinski definition) is 6. The summed E-state index contributed by atoms with van der Waals surface area (Å²) in [6.07, 6.45) is 1.07. The Labute approximate surface area is 185 Å². The van der Waals surface area contributed by atoms with Crippen LogP contribution in [0.1, 0.15) is 49.1 Å². The highest BCUT2D eigenvalue weighted by Gasteiger charge is 2.32. The Kier molecular flexibility index (Phi) is 6.91. The molecule has 0 aliphatic carbocycles. The summed E-state index contributed by atoms with van der Waals surface area (Å²) in [5, 5.41) is 22.0. The van der Waals surface area contributed by atoms with Gasteiger partial charge in [0, 0.05) is 25.9 Å². The van der Waals surface area contributed by atoms with Crippen LogP contribution in [0.4, 0.5) is 5.82 Å². The molecule has 10 heteroatoms. The molecular formula is C20H27Cl2N5O3. The minimum atomic E-state index is -1.04. The van der Waals surface area contributed by atoms with Crippen LogP contribution in [0.3, 0.4) is 0 Å². The second-order valence-corrected chi connectivity index (χ2v) is 8.64. The lowest BCUT2D eigenvalue weighted by Gasteiger charge is -2.38. The second-order valence-electron chi connectivity index (χ2n) is 7.88. The summed E-state index contributed by atoms with van der Waals surface area (Å²) < 4.78 is 5.64. The van der Waals surface area contributed by atoms with Crippen LogP contribution >= 0.6 is 23.2 Å². The number of aromatic amines is 1. The standard InChI is InChI=1S/C20H27Cl2N5O3/c1-5-11-16(21)17(22)18(23-11)19(28)24-12-8-9-27(10-13(12)30-4)15-7-6-14(25-26-15)20(2,3)29/h6-7,12-13,23,29H,5,8-10H2,1-4H3,(H,24,28)/t12-,13+/m1/s1. The number of carbonyl (C=O) groups is 1. The number of ether oxygens (including phenoxy) is 1. The van der Waals surface area contributed by atoms with Gasteiger partial charge in [-0.3, -0.25) is 4.79 Å². The van der Waals surface area contributed by atoms with Gasteiger partial charge in [0.2, 0.25) is 0 Å². The number of methoxy groups -OCH3 is 1. The molecule has 1 fully saturated rings. The summed E-state index contributed by atoms with van der Waals surface area (Å²) in [5.74, 6) is 0.387. The molecule has 0 aromatic carbocycles. The first-order chi connectivity index (χ1) is 14.2. The van der Waals surface area contributed by atoms with Crippen molar-refractivity contribution in [2.45, 2.75) is 51.4 Å². The maximum atomic E-state index is 12.8. The van der Waals surface area contributed by atoms with E-state index in [0.717, 1.165) is 5.69 Å². The van der Waals surface area contributed by atoms with Crippen LogP contribution in [0.25, 0.3) is 0 Å². The van der Waals surface area contributed by atoms with E-state index in [-0.39, 0.29) is 28.8 Å². The Balaban J connectivity index is 1.68. The third-order valence-electron chi connectivity index (χ3n) is 5.31. The maximum Gasteiger partial charge on any atom is 0.269 e. The van der Waals surface area contributed by atoms with E-state index in [9.17, 15) is 9.90 Å². The summed E-state index contributed by atoms with van der Waals surface area (Å²) in [5.41, 5.74) is 0.462. The van der Waals surface area contributed by atoms with Crippen molar-refractivity contribution in [3.8, 4) is 0 Å². The first-order valence-corrected chi connectivity index (χ1v) is 10.6. The van der Waals surface area contributed by atoms with Crippen molar-refractivity contribution in [1.29, 1.82) is 0 Å². The van der Waals surface area contributed by atoms with Gasteiger partial charge in [0.1, 0.15) is 11.3 Å². The summed E-state index contributed by atoms with van der Waals surface area (Å²) in [4.78, 5) is 17.8. The summed E-state index contributed by atoms with van der Waals surface area (Å²) >= 11 is 12.4. The molecule has 30 heavy (non-hydrogen) atoms. The minimum Gasteiger partial charge on any atom is -0.384 e. The lowest BCUT2D eigenvalue weighted by atomic mass is 10.0. The number of carbonyl (C=O) groups excluding carboxylic acids is 1. The molecule has 1 amide bonds. The van der Waals surface area contributed by atoms with Gasteiger partial charge in [-0.15, -0.1) is 5.10 Å². The van der Waals surface area contributed by atoms with Crippen molar-refractivity contribution in [1.82, 2.24) is 20.5 Å². The number of piperidine rings is 1. The van der Waals surface area contributed by atoms with Crippen molar-refractivity contribution >= 4 is 34.9 Å². The molecule has 0 unspecified atom stereocenters. The van der Waals surface area contributed by atoms with Crippen molar-refractivity contribution in [3.63, 3.8) is 0 Å². The summed E-state index contributed by atoms with van der Waals surface area (Å²) in [6.45, 7) is 6.47. The Morgan fingerprint density at radius 1 is 1.37 bits per heavy atom. The van der Waals surface area contributed by atoms with Gasteiger partial charge in [-0.1, -0.05) is 30.1 Å². The van der Waals surface area contributed by atoms with E-state index in [0.29, 0.717) is 42.5 Å². The van der Waals surface area contributed by atoms with Crippen LogP contribution in [0.15, 0.2) is 12.1 Å². The molecule has 2 aromatic rings. The van der Waals surface area contributed by atoms with Gasteiger partial charge in [-0.25, -0.2) is 0 Å². The lowest BCUT2D eigenvalue weighted by Crippen LogP contribution is -2.55. The van der Waals surface area contributed by atoms with Gasteiger partial charge in [0.05, 0.1) is 27.9 Å². The largest absolute Gasteiger partial charge is 0.384 e. The van der Waals surface area contributed by atoms with E-state index in [2.05, 4.69) is 20.5 Å². The van der Waals surface area contributed by atoms with Gasteiger partial charge < -0.3 is 25.0 Å². The molecule has 1 aliphatic heterocycles. The van der Waals surface area contributed by atoms with Crippen molar-refractivity contribution in [3.05, 3.63) is 39.3 Å². The number of H-pyrrole nitrogens is 1. The zero-order valence-electron chi connectivity index (χ0n) is 17.5. The Morgan fingerprint density at radius 3 is 2.63 bits per heavy atom. The molecule has 164 valence electrons. The van der Waals surface area contributed by atoms with E-state index >= 15 is 0 Å². The monoisotopic (exact) mass is 455 g/mol. The molecule has 3 N–H and O–H groups in total. The average molecular weight is 456 g/mol. The minimum absolute atomic E-state index is 0.189. The van der Waals surface area contributed by atoms with Gasteiger partial charge in [0.15, 0.2) is 5.82 Å². The Hall–Kier alpha value is -1.87. The van der Waals surface area contributed by atoms with Crippen LogP contribution in [-0.2, 0) is 16.8 Å². The fourth-order valence-electron chi connectivity index (χ4n) is 3.49. The number of aliphatic hydroxyl groups is 1. The molecule has 3 rings (SSSR count). The van der Waals surface area contributed by atoms with Crippen LogP contribution in [0.5, 0.6) is 0 Å². The molecule has 0 radical (unpaired) electrons. The summed E-state index contributed by atoms with van der Waals surface area (Å²) in [7, 11) is 1.62. The number of amides is 1. The van der Waals surface area contributed by atoms with Crippen LogP contribution in [0, 0.1) is 0 Å². The lowest BCUT2D eigenvalue weighted by molar-refractivity contribution is 0.0538. The highest BCUT2D eigenvalue weighted by molar-refractivity contribution is 6.44. The molecule has 1 saturated heterocycles. The van der Waals surface area contributed by atoms with Gasteiger partial charge in [-0.05, 0) is 38.8 Å². The third kappa shape index (κ3) is 4.72. The number of nitrogens with one attached hydrogen (secondary N) is 2. The fraction of sp³-hybridized carbons (Fsp3) is 0.550. The second kappa shape index (κ2) is 9.09. The normalized spacial score (nSPS) is 19.8. The molecule has 0 bridgehead atoms. The first-order valence-electron chi connectivity index (χ1n) is 9.86. The molecule has 2 atom stereocenters. The predicted molar refractivity (Wildman–Crippen MR) is 116 cm³/mol. The molecule has 0 spiro atoms. The van der Waals surface area contributed by atoms with Gasteiger partial charge in [-0.2, -0.15) is 5.10 Å². The molecule has 3 heterocycles. The van der Waals surface area contributed by atoms with Crippen LogP contribution in [-0.4, -0.2) is 58.5 Å². The number of hydrogen-bond donors (Lipinski definition) is 3. The quantitative estimate of drug-likeness (QED) is 0.618. The van der Waals surface area contributed by atoms with Crippen LogP contribution in [0.2, 0.25) is 10.0 Å². The number of nitrogens with zero attached hydrogens (tertiary/aromatic N) is 3. The molecule has 2 aromatic heterocycles. The zero-order valence-corrected chi connectivity index (χ0v) is 19.0. The predicted octanol–water partition coefficient (Wildman–Crippen LogP) is 2.93. The van der Waals surface area contributed by atoms with Gasteiger partial charge in [0.25, 0.3) is 5.91 Å². The zero-order chi connectivity index (χ0) is 22.1. The summed E-state index contributed by atoms with van der Waals surface area (Å²) in [6, 6.07) is 3.41. The molecule has 8 nitrogen and oxygen atoms in total. The smallest absolute Gasteiger partial charge is 0.269 e. The van der Waals surface area contributed by atoms with Crippen molar-refractivity contribution < 1.29 is 14.6 Å². The van der Waals surface area contributed by atoms with E-state index < -0.39 is 5.60 Å². The van der Waals surface area contributed by atoms with E-state index in [1.165, 1.54) is 0 Å². The van der Waals surface area contributed by atoms with E-state index in [4.69, 9.17) is 27.9 Å². The number of halogens is 2. The maximum absolute atomic E-state index is 12.8. The van der Waals surface area contributed by atoms with Crippen molar-refractivity contribution in [2.75, 3.05) is 25.1 Å². The third-order valence-corrected chi connectivity index (χ3v) is 6.21. The fourth-order valence-corrected chi connectivity index (χ4v) is 4.01. The Morgan fingerprint density at radius 2 is 2.10 bits per heavy atom. The number of rotatable bonds is 6. The number of aromatic nitrogens is 3. The highest BCUT2D eigenvalue weighted by atomic mass is 35.5. The number of aryl methyl sites for hydroxylation is 1. The van der Waals surface area contributed by atoms with Crippen molar-refractivity contribution in [2.24, 2.45) is 0 Å². The SMILES string of the molecule is CCc1[nH]c(C(=O)N[C@@H]2CCN(c3ccc(C(C)(C)O)nn3)C[C@@H]2OC)c(Cl)c1Cl. The van der Waals surface area contributed by atoms with E-state index in [1.807, 2.05) is 17.9 Å². The van der Waals surface area contributed by atoms with Crippen LogP contribution < -0.4 is 10.2 Å². The van der Waals surface area contributed by atoms with Gasteiger partial charge >= 0.3 is 0 Å². The number of anilines is 1.